The highest BCUT2D eigenvalue weighted by atomic mass is 32.1. The zero-order chi connectivity index (χ0) is 56.4. The SMILES string of the molecule is CN(C)CCCC[C@@H]1NC(=O)CNC(=O)[C@H](CS)NC(=O)C[C@@H](C(=O)N2CCC[C@H]2C(N)=O)NC(=O)[C@@](C)(CCCCN)NC(=O)COC(=O)[C@@H]2CCCN2C(=O)[C@H](CS)NC(=O)[C@H](Cc2c[nH]c3ccccc23)NC1=O. The predicted octanol–water partition coefficient (Wildman–Crippen LogP) is -2.74. The van der Waals surface area contributed by atoms with Crippen molar-refractivity contribution in [3.8, 4) is 0 Å². The summed E-state index contributed by atoms with van der Waals surface area (Å²) in [6.45, 7) is 0.831. The molecule has 27 heteroatoms. The van der Waals surface area contributed by atoms with E-state index in [4.69, 9.17) is 16.2 Å². The number of cyclic esters (lactones) is 1. The molecule has 0 bridgehead atoms. The lowest BCUT2D eigenvalue weighted by Crippen LogP contribution is -2.62. The predicted molar refractivity (Wildman–Crippen MR) is 288 cm³/mol. The Morgan fingerprint density at radius 1 is 0.792 bits per heavy atom. The number of fused-ring (bicyclic) bond motifs is 2. The van der Waals surface area contributed by atoms with Gasteiger partial charge in [-0.1, -0.05) is 18.2 Å². The molecule has 4 heterocycles. The second kappa shape index (κ2) is 29.3. The van der Waals surface area contributed by atoms with Crippen molar-refractivity contribution in [3.05, 3.63) is 36.0 Å². The summed E-state index contributed by atoms with van der Waals surface area (Å²) in [5, 5.41) is 19.0. The zero-order valence-electron chi connectivity index (χ0n) is 43.9. The Bertz CT molecular complexity index is 2480. The average molecular weight is 1110 g/mol. The van der Waals surface area contributed by atoms with E-state index < -0.39 is 132 Å². The number of benzene rings is 1. The van der Waals surface area contributed by atoms with Gasteiger partial charge >= 0.3 is 5.97 Å². The number of nitrogens with two attached hydrogens (primary N) is 2. The van der Waals surface area contributed by atoms with E-state index in [2.05, 4.69) is 67.5 Å². The van der Waals surface area contributed by atoms with Gasteiger partial charge in [-0.15, -0.1) is 0 Å². The average Bonchev–Trinajstić information content (AvgIpc) is 4.19. The normalized spacial score (nSPS) is 26.3. The van der Waals surface area contributed by atoms with Crippen LogP contribution >= 0.6 is 25.3 Å². The van der Waals surface area contributed by atoms with E-state index in [0.717, 1.165) is 15.8 Å². The Balaban J connectivity index is 1.49. The number of hydrogen-bond acceptors (Lipinski definition) is 16. The number of carbonyl (C=O) groups excluding carboxylic acids is 11. The third-order valence-electron chi connectivity index (χ3n) is 13.8. The van der Waals surface area contributed by atoms with Crippen LogP contribution in [0.3, 0.4) is 0 Å². The van der Waals surface area contributed by atoms with Crippen LogP contribution in [0, 0.1) is 0 Å². The minimum Gasteiger partial charge on any atom is -0.454 e. The first-order chi connectivity index (χ1) is 36.7. The smallest absolute Gasteiger partial charge is 0.329 e. The third kappa shape index (κ3) is 17.3. The molecule has 2 aromatic rings. The van der Waals surface area contributed by atoms with E-state index in [1.807, 2.05) is 43.3 Å². The molecule has 25 nitrogen and oxygen atoms in total. The fourth-order valence-electron chi connectivity index (χ4n) is 9.63. The fraction of sp³-hybridized carbons (Fsp3) is 0.620. The molecule has 0 radical (unpaired) electrons. The van der Waals surface area contributed by atoms with Crippen LogP contribution in [-0.2, 0) is 63.9 Å². The molecule has 5 rings (SSSR count). The maximum absolute atomic E-state index is 14.4. The number of hydrogen-bond donors (Lipinski definition) is 12. The standard InChI is InChI=1S/C50H75N13O12S2/c1-50(17-7-8-18-51)49(74)59-34(46(71)62-20-10-15-37(62)42(52)67)23-39(64)56-35(27-76)43(68)54-25-40(65)55-32(14-6-9-19-61(2)3)44(69)57-33(22-29-24-53-31-13-5-4-12-30(29)31)45(70)58-36(28-77)47(72)63-21-11-16-38(63)48(73)75-26-41(66)60-50/h4-5,12-13,24,32-38,53,76-77H,6-11,14-23,25-28,51H2,1-3H3,(H2,52,67)(H,54,68)(H,55,65)(H,56,64)(H,57,69)(H,58,70)(H,59,74)(H,60,66)/t32-,33-,34-,35-,36-,37-,38-,50+/m0/s1. The zero-order valence-corrected chi connectivity index (χ0v) is 45.6. The number of aromatic amines is 1. The van der Waals surface area contributed by atoms with Crippen LogP contribution in [0.15, 0.2) is 30.5 Å². The van der Waals surface area contributed by atoms with Gasteiger partial charge in [0.15, 0.2) is 6.61 Å². The van der Waals surface area contributed by atoms with Crippen LogP contribution in [0.25, 0.3) is 10.9 Å². The lowest BCUT2D eigenvalue weighted by Gasteiger charge is -2.33. The Kier molecular flexibility index (Phi) is 23.4. The first kappa shape index (κ1) is 61.4. The summed E-state index contributed by atoms with van der Waals surface area (Å²) in [6.07, 6.45) is 3.83. The van der Waals surface area contributed by atoms with Crippen LogP contribution in [0.2, 0.25) is 0 Å². The number of primary amides is 1. The number of likely N-dealkylation sites (tertiary alicyclic amines) is 1. The number of thiol groups is 2. The topological polar surface area (TPSA) is 359 Å². The highest BCUT2D eigenvalue weighted by Gasteiger charge is 2.43. The maximum Gasteiger partial charge on any atom is 0.329 e. The molecule has 3 fully saturated rings. The van der Waals surface area contributed by atoms with E-state index >= 15 is 0 Å². The Hall–Kier alpha value is -6.45. The largest absolute Gasteiger partial charge is 0.454 e. The minimum atomic E-state index is -1.82. The van der Waals surface area contributed by atoms with Gasteiger partial charge in [0.1, 0.15) is 47.8 Å². The molecule has 0 unspecified atom stereocenters. The number of H-pyrrole nitrogens is 1. The van der Waals surface area contributed by atoms with Gasteiger partial charge in [-0.3, -0.25) is 47.9 Å². The van der Waals surface area contributed by atoms with Crippen molar-refractivity contribution in [2.24, 2.45) is 11.5 Å². The van der Waals surface area contributed by atoms with Gasteiger partial charge in [0.05, 0.1) is 13.0 Å². The lowest BCUT2D eigenvalue weighted by atomic mass is 9.92. The number of amides is 10. The molecule has 0 spiro atoms. The van der Waals surface area contributed by atoms with E-state index in [1.165, 1.54) is 11.8 Å². The van der Waals surface area contributed by atoms with Gasteiger partial charge < -0.3 is 73.1 Å². The van der Waals surface area contributed by atoms with Crippen LogP contribution < -0.4 is 48.7 Å². The number of aromatic nitrogens is 1. The summed E-state index contributed by atoms with van der Waals surface area (Å²) in [4.78, 5) is 160. The van der Waals surface area contributed by atoms with Crippen molar-refractivity contribution in [1.29, 1.82) is 0 Å². The van der Waals surface area contributed by atoms with Gasteiger partial charge in [0, 0.05) is 48.1 Å². The summed E-state index contributed by atoms with van der Waals surface area (Å²) in [7, 11) is 3.77. The number of nitrogens with zero attached hydrogens (tertiary/aromatic N) is 3. The number of carbonyl (C=O) groups is 11. The van der Waals surface area contributed by atoms with Crippen molar-refractivity contribution in [2.45, 2.75) is 132 Å². The lowest BCUT2D eigenvalue weighted by molar-refractivity contribution is -0.157. The number of nitrogens with one attached hydrogen (secondary N) is 8. The molecule has 1 aromatic carbocycles. The summed E-state index contributed by atoms with van der Waals surface area (Å²) < 4.78 is 5.45. The first-order valence-electron chi connectivity index (χ1n) is 26.0. The van der Waals surface area contributed by atoms with Crippen LogP contribution in [0.1, 0.15) is 83.1 Å². The van der Waals surface area contributed by atoms with E-state index in [1.54, 1.807) is 6.20 Å². The maximum atomic E-state index is 14.4. The van der Waals surface area contributed by atoms with Crippen LogP contribution in [0.4, 0.5) is 0 Å². The van der Waals surface area contributed by atoms with E-state index in [0.29, 0.717) is 50.6 Å². The Morgan fingerprint density at radius 3 is 2.18 bits per heavy atom. The van der Waals surface area contributed by atoms with Crippen molar-refractivity contribution >= 4 is 101 Å². The summed E-state index contributed by atoms with van der Waals surface area (Å²) in [5.41, 5.74) is 11.0. The monoisotopic (exact) mass is 1110 g/mol. The third-order valence-corrected chi connectivity index (χ3v) is 14.6. The van der Waals surface area contributed by atoms with Crippen molar-refractivity contribution in [1.82, 2.24) is 56.9 Å². The Morgan fingerprint density at radius 2 is 1.48 bits per heavy atom. The number of rotatable bonds is 15. The van der Waals surface area contributed by atoms with Gasteiger partial charge in [-0.05, 0) is 110 Å². The van der Waals surface area contributed by atoms with Gasteiger partial charge in [-0.2, -0.15) is 25.3 Å². The molecule has 77 heavy (non-hydrogen) atoms. The molecule has 1 aromatic heterocycles. The number of ether oxygens (including phenoxy) is 1. The van der Waals surface area contributed by atoms with Gasteiger partial charge in [0.25, 0.3) is 5.91 Å². The quantitative estimate of drug-likeness (QED) is 0.0490. The summed E-state index contributed by atoms with van der Waals surface area (Å²) in [5.74, 6) is -9.79. The number of para-hydroxylation sites is 1. The van der Waals surface area contributed by atoms with Crippen molar-refractivity contribution < 1.29 is 57.5 Å². The second-order valence-electron chi connectivity index (χ2n) is 20.1. The van der Waals surface area contributed by atoms with Gasteiger partial charge in [0.2, 0.25) is 53.2 Å². The van der Waals surface area contributed by atoms with E-state index in [9.17, 15) is 52.7 Å². The minimum absolute atomic E-state index is 0.0445. The molecule has 0 aliphatic carbocycles. The second-order valence-corrected chi connectivity index (χ2v) is 20.8. The molecule has 8 atom stereocenters. The molecular weight excluding hydrogens is 1040 g/mol. The van der Waals surface area contributed by atoms with Gasteiger partial charge in [-0.25, -0.2) is 4.79 Å². The molecular formula is C50H75N13O12S2. The summed E-state index contributed by atoms with van der Waals surface area (Å²) >= 11 is 8.63. The molecule has 3 saturated heterocycles. The van der Waals surface area contributed by atoms with Crippen LogP contribution in [0.5, 0.6) is 0 Å². The first-order valence-corrected chi connectivity index (χ1v) is 27.2. The number of esters is 1. The molecule has 424 valence electrons. The van der Waals surface area contributed by atoms with E-state index in [-0.39, 0.29) is 63.2 Å². The van der Waals surface area contributed by atoms with Crippen molar-refractivity contribution in [2.75, 3.05) is 64.9 Å². The summed E-state index contributed by atoms with van der Waals surface area (Å²) in [6, 6.07) is -1.88. The highest BCUT2D eigenvalue weighted by molar-refractivity contribution is 7.80. The molecule has 0 saturated carbocycles. The fourth-order valence-corrected chi connectivity index (χ4v) is 10.1. The number of unbranched alkanes of at least 4 members (excludes halogenated alkanes) is 2. The molecule has 10 amide bonds. The molecule has 3 aliphatic rings. The molecule has 3 aliphatic heterocycles. The molecule has 12 N–H and O–H groups in total. The van der Waals surface area contributed by atoms with Crippen LogP contribution in [-0.4, -0.2) is 197 Å². The highest BCUT2D eigenvalue weighted by Crippen LogP contribution is 2.24. The Labute approximate surface area is 458 Å². The van der Waals surface area contributed by atoms with Crippen molar-refractivity contribution in [3.63, 3.8) is 0 Å².